The van der Waals surface area contributed by atoms with E-state index in [9.17, 15) is 0 Å². The first kappa shape index (κ1) is 9.99. The Bertz CT molecular complexity index is 308. The maximum Gasteiger partial charge on any atom is 0.138 e. The second-order valence-corrected chi connectivity index (χ2v) is 4.79. The van der Waals surface area contributed by atoms with Gasteiger partial charge in [-0.15, -0.1) is 11.3 Å². The standard InChI is InChI=1S/C11H17NOS/c1-3-4-9-7-14-10-6-12-5-8(2)13-11(9)10/h7-8,12H,3-6H2,1-2H3/t8-/m0/s1. The second-order valence-electron chi connectivity index (χ2n) is 3.82. The Kier molecular flexibility index (Phi) is 3.08. The van der Waals surface area contributed by atoms with E-state index in [-0.39, 0.29) is 0 Å². The van der Waals surface area contributed by atoms with Crippen molar-refractivity contribution in [3.63, 3.8) is 0 Å². The highest BCUT2D eigenvalue weighted by atomic mass is 32.1. The van der Waals surface area contributed by atoms with Crippen LogP contribution >= 0.6 is 11.3 Å². The average molecular weight is 211 g/mol. The monoisotopic (exact) mass is 211 g/mol. The molecule has 0 aromatic carbocycles. The molecule has 78 valence electrons. The number of fused-ring (bicyclic) bond motifs is 1. The number of thiophene rings is 1. The summed E-state index contributed by atoms with van der Waals surface area (Å²) in [5.74, 6) is 1.16. The lowest BCUT2D eigenvalue weighted by atomic mass is 10.2. The van der Waals surface area contributed by atoms with Gasteiger partial charge in [0.2, 0.25) is 0 Å². The highest BCUT2D eigenvalue weighted by Crippen LogP contribution is 2.33. The molecule has 0 fully saturated rings. The highest BCUT2D eigenvalue weighted by molar-refractivity contribution is 7.10. The van der Waals surface area contributed by atoms with Crippen molar-refractivity contribution in [2.45, 2.75) is 39.3 Å². The third-order valence-corrected chi connectivity index (χ3v) is 3.46. The SMILES string of the molecule is CCCc1csc2c1O[C@@H](C)CNC2. The van der Waals surface area contributed by atoms with Crippen molar-refractivity contribution in [2.75, 3.05) is 6.54 Å². The molecule has 0 saturated heterocycles. The Balaban J connectivity index is 2.25. The molecule has 1 atom stereocenters. The molecule has 0 bridgehead atoms. The van der Waals surface area contributed by atoms with Crippen LogP contribution in [0.2, 0.25) is 0 Å². The molecule has 0 amide bonds. The van der Waals surface area contributed by atoms with Crippen LogP contribution in [0.5, 0.6) is 5.75 Å². The number of ether oxygens (including phenoxy) is 1. The minimum Gasteiger partial charge on any atom is -0.488 e. The van der Waals surface area contributed by atoms with E-state index in [1.807, 2.05) is 11.3 Å². The van der Waals surface area contributed by atoms with Gasteiger partial charge >= 0.3 is 0 Å². The molecule has 14 heavy (non-hydrogen) atoms. The Morgan fingerprint density at radius 2 is 2.50 bits per heavy atom. The molecular formula is C11H17NOS. The molecule has 2 rings (SSSR count). The Morgan fingerprint density at radius 1 is 1.64 bits per heavy atom. The molecule has 0 aliphatic carbocycles. The zero-order valence-electron chi connectivity index (χ0n) is 8.80. The number of hydrogen-bond donors (Lipinski definition) is 1. The van der Waals surface area contributed by atoms with Crippen LogP contribution in [0.1, 0.15) is 30.7 Å². The van der Waals surface area contributed by atoms with Gasteiger partial charge in [-0.3, -0.25) is 0 Å². The van der Waals surface area contributed by atoms with Crippen LogP contribution in [0.4, 0.5) is 0 Å². The van der Waals surface area contributed by atoms with Crippen molar-refractivity contribution < 1.29 is 4.74 Å². The van der Waals surface area contributed by atoms with E-state index in [1.54, 1.807) is 0 Å². The molecule has 3 heteroatoms. The fourth-order valence-corrected chi connectivity index (χ4v) is 2.75. The predicted molar refractivity (Wildman–Crippen MR) is 60.1 cm³/mol. The van der Waals surface area contributed by atoms with Crippen molar-refractivity contribution in [3.05, 3.63) is 15.8 Å². The molecule has 1 N–H and O–H groups in total. The zero-order chi connectivity index (χ0) is 9.97. The molecule has 0 unspecified atom stereocenters. The maximum atomic E-state index is 5.93. The molecule has 0 radical (unpaired) electrons. The molecule has 1 aromatic rings. The first-order chi connectivity index (χ1) is 6.81. The Morgan fingerprint density at radius 3 is 3.29 bits per heavy atom. The van der Waals surface area contributed by atoms with Gasteiger partial charge in [0.1, 0.15) is 11.9 Å². The van der Waals surface area contributed by atoms with Crippen LogP contribution in [0.25, 0.3) is 0 Å². The van der Waals surface area contributed by atoms with Gasteiger partial charge in [0.25, 0.3) is 0 Å². The van der Waals surface area contributed by atoms with Gasteiger partial charge in [-0.05, 0) is 18.7 Å². The van der Waals surface area contributed by atoms with Crippen molar-refractivity contribution in [1.29, 1.82) is 0 Å². The predicted octanol–water partition coefficient (Wildman–Crippen LogP) is 2.57. The van der Waals surface area contributed by atoms with E-state index in [1.165, 1.54) is 16.9 Å². The largest absolute Gasteiger partial charge is 0.488 e. The van der Waals surface area contributed by atoms with E-state index >= 15 is 0 Å². The molecule has 2 nitrogen and oxygen atoms in total. The number of hydrogen-bond acceptors (Lipinski definition) is 3. The molecule has 1 aliphatic rings. The summed E-state index contributed by atoms with van der Waals surface area (Å²) in [5.41, 5.74) is 1.39. The summed E-state index contributed by atoms with van der Waals surface area (Å²) in [6.07, 6.45) is 2.62. The molecule has 0 saturated carbocycles. The summed E-state index contributed by atoms with van der Waals surface area (Å²) >= 11 is 1.82. The maximum absolute atomic E-state index is 5.93. The quantitative estimate of drug-likeness (QED) is 0.812. The lowest BCUT2D eigenvalue weighted by Crippen LogP contribution is -2.25. The molecule has 2 heterocycles. The van der Waals surface area contributed by atoms with Gasteiger partial charge in [-0.2, -0.15) is 0 Å². The van der Waals surface area contributed by atoms with Gasteiger partial charge < -0.3 is 10.1 Å². The van der Waals surface area contributed by atoms with Crippen LogP contribution < -0.4 is 10.1 Å². The Labute approximate surface area is 89.3 Å². The third-order valence-electron chi connectivity index (χ3n) is 2.44. The number of aryl methyl sites for hydroxylation is 1. The highest BCUT2D eigenvalue weighted by Gasteiger charge is 2.18. The zero-order valence-corrected chi connectivity index (χ0v) is 9.62. The number of rotatable bonds is 2. The van der Waals surface area contributed by atoms with Gasteiger partial charge in [0.15, 0.2) is 0 Å². The van der Waals surface area contributed by atoms with Gasteiger partial charge in [-0.1, -0.05) is 13.3 Å². The summed E-state index contributed by atoms with van der Waals surface area (Å²) in [6.45, 7) is 6.25. The third kappa shape index (κ3) is 1.93. The molecule has 1 aliphatic heterocycles. The first-order valence-electron chi connectivity index (χ1n) is 5.28. The minimum absolute atomic E-state index is 0.293. The van der Waals surface area contributed by atoms with Crippen LogP contribution in [0, 0.1) is 0 Å². The average Bonchev–Trinajstić information content (AvgIpc) is 2.44. The smallest absolute Gasteiger partial charge is 0.138 e. The molecule has 1 aromatic heterocycles. The lowest BCUT2D eigenvalue weighted by Gasteiger charge is -2.12. The lowest BCUT2D eigenvalue weighted by molar-refractivity contribution is 0.225. The van der Waals surface area contributed by atoms with Gasteiger partial charge in [0.05, 0.1) is 4.88 Å². The summed E-state index contributed by atoms with van der Waals surface area (Å²) in [6, 6.07) is 0. The van der Waals surface area contributed by atoms with E-state index in [2.05, 4.69) is 24.5 Å². The molecule has 0 spiro atoms. The minimum atomic E-state index is 0.293. The normalized spacial score (nSPS) is 21.1. The Hall–Kier alpha value is -0.540. The van der Waals surface area contributed by atoms with Crippen LogP contribution in [-0.4, -0.2) is 12.6 Å². The first-order valence-corrected chi connectivity index (χ1v) is 6.15. The van der Waals surface area contributed by atoms with Crippen molar-refractivity contribution in [3.8, 4) is 5.75 Å². The number of nitrogens with one attached hydrogen (secondary N) is 1. The van der Waals surface area contributed by atoms with Crippen molar-refractivity contribution in [1.82, 2.24) is 5.32 Å². The van der Waals surface area contributed by atoms with Crippen molar-refractivity contribution >= 4 is 11.3 Å². The van der Waals surface area contributed by atoms with Gasteiger partial charge in [0, 0.05) is 18.7 Å². The fourth-order valence-electron chi connectivity index (χ4n) is 1.77. The van der Waals surface area contributed by atoms with Crippen molar-refractivity contribution in [2.24, 2.45) is 0 Å². The molecular weight excluding hydrogens is 194 g/mol. The fraction of sp³-hybridized carbons (Fsp3) is 0.636. The van der Waals surface area contributed by atoms with Crippen LogP contribution in [-0.2, 0) is 13.0 Å². The summed E-state index contributed by atoms with van der Waals surface area (Å²) < 4.78 is 5.93. The summed E-state index contributed by atoms with van der Waals surface area (Å²) in [4.78, 5) is 1.36. The van der Waals surface area contributed by atoms with E-state index in [4.69, 9.17) is 4.74 Å². The van der Waals surface area contributed by atoms with Gasteiger partial charge in [-0.25, -0.2) is 0 Å². The van der Waals surface area contributed by atoms with E-state index in [0.29, 0.717) is 6.10 Å². The van der Waals surface area contributed by atoms with Crippen LogP contribution in [0.3, 0.4) is 0 Å². The van der Waals surface area contributed by atoms with E-state index < -0.39 is 0 Å². The second kappa shape index (κ2) is 4.32. The summed E-state index contributed by atoms with van der Waals surface area (Å²) in [5, 5.41) is 5.64. The van der Waals surface area contributed by atoms with Crippen LogP contribution in [0.15, 0.2) is 5.38 Å². The topological polar surface area (TPSA) is 21.3 Å². The summed E-state index contributed by atoms with van der Waals surface area (Å²) in [7, 11) is 0. The van der Waals surface area contributed by atoms with E-state index in [0.717, 1.165) is 25.3 Å².